The fourth-order valence-corrected chi connectivity index (χ4v) is 1.78. The lowest BCUT2D eigenvalue weighted by Gasteiger charge is -2.09. The van der Waals surface area contributed by atoms with Crippen molar-refractivity contribution in [1.29, 1.82) is 0 Å². The predicted molar refractivity (Wildman–Crippen MR) is 51.8 cm³/mol. The summed E-state index contributed by atoms with van der Waals surface area (Å²) in [5.41, 5.74) is 0. The van der Waals surface area contributed by atoms with Crippen molar-refractivity contribution in [2.75, 3.05) is 0 Å². The summed E-state index contributed by atoms with van der Waals surface area (Å²) in [6.07, 6.45) is 2.78. The van der Waals surface area contributed by atoms with Crippen molar-refractivity contribution in [3.63, 3.8) is 0 Å². The van der Waals surface area contributed by atoms with Gasteiger partial charge < -0.3 is 9.42 Å². The molecule has 0 saturated carbocycles. The van der Waals surface area contributed by atoms with Gasteiger partial charge in [0, 0.05) is 0 Å². The van der Waals surface area contributed by atoms with Gasteiger partial charge in [-0.25, -0.2) is 4.57 Å². The molecule has 4 heteroatoms. The van der Waals surface area contributed by atoms with E-state index in [2.05, 4.69) is 0 Å². The number of rotatable bonds is 3. The predicted octanol–water partition coefficient (Wildman–Crippen LogP) is 2.05. The highest BCUT2D eigenvalue weighted by molar-refractivity contribution is 7.61. The van der Waals surface area contributed by atoms with Gasteiger partial charge in [0.15, 0.2) is 0 Å². The molecule has 0 bridgehead atoms. The molecule has 0 amide bonds. The maximum Gasteiger partial charge on any atom is 0.407 e. The highest BCUT2D eigenvalue weighted by Crippen LogP contribution is 2.40. The standard InChI is InChI=1S/C9H11O3P/c1-2-8-12-13(10,11)9-6-4-3-5-7-9/h2-8H,1H3,(H,10,11). The summed E-state index contributed by atoms with van der Waals surface area (Å²) in [6.45, 7) is 1.71. The van der Waals surface area contributed by atoms with Gasteiger partial charge in [-0.2, -0.15) is 0 Å². The largest absolute Gasteiger partial charge is 0.430 e. The molecule has 1 N–H and O–H groups in total. The van der Waals surface area contributed by atoms with Gasteiger partial charge in [-0.05, 0) is 19.1 Å². The van der Waals surface area contributed by atoms with Crippen LogP contribution in [-0.2, 0) is 9.09 Å². The van der Waals surface area contributed by atoms with Crippen LogP contribution in [0.1, 0.15) is 6.92 Å². The van der Waals surface area contributed by atoms with Crippen LogP contribution in [0, 0.1) is 0 Å². The number of allylic oxidation sites excluding steroid dienone is 1. The molecule has 0 aliphatic carbocycles. The van der Waals surface area contributed by atoms with E-state index in [1.54, 1.807) is 43.3 Å². The lowest BCUT2D eigenvalue weighted by atomic mass is 10.4. The van der Waals surface area contributed by atoms with Gasteiger partial charge in [0.25, 0.3) is 0 Å². The molecule has 0 heterocycles. The molecular formula is C9H11O3P. The van der Waals surface area contributed by atoms with Crippen LogP contribution < -0.4 is 5.30 Å². The van der Waals surface area contributed by atoms with Crippen molar-refractivity contribution >= 4 is 12.9 Å². The fraction of sp³-hybridized carbons (Fsp3) is 0.111. The molecular weight excluding hydrogens is 187 g/mol. The number of hydrogen-bond donors (Lipinski definition) is 1. The van der Waals surface area contributed by atoms with E-state index in [1.165, 1.54) is 6.26 Å². The lowest BCUT2D eigenvalue weighted by Crippen LogP contribution is -2.03. The molecule has 0 fully saturated rings. The average Bonchev–Trinajstić information content (AvgIpc) is 2.16. The zero-order chi connectivity index (χ0) is 9.73. The fourth-order valence-electron chi connectivity index (χ4n) is 0.821. The van der Waals surface area contributed by atoms with E-state index in [0.29, 0.717) is 5.30 Å². The Labute approximate surface area is 77.2 Å². The van der Waals surface area contributed by atoms with Crippen molar-refractivity contribution in [3.05, 3.63) is 42.7 Å². The van der Waals surface area contributed by atoms with E-state index < -0.39 is 7.60 Å². The third-order valence-electron chi connectivity index (χ3n) is 1.42. The first-order valence-corrected chi connectivity index (χ1v) is 5.42. The lowest BCUT2D eigenvalue weighted by molar-refractivity contribution is 0.361. The van der Waals surface area contributed by atoms with Crippen LogP contribution in [0.5, 0.6) is 0 Å². The Hall–Kier alpha value is -1.05. The molecule has 1 aromatic rings. The quantitative estimate of drug-likeness (QED) is 0.597. The van der Waals surface area contributed by atoms with Crippen LogP contribution in [0.15, 0.2) is 42.7 Å². The first kappa shape index (κ1) is 10.0. The Morgan fingerprint density at radius 1 is 1.38 bits per heavy atom. The topological polar surface area (TPSA) is 46.5 Å². The van der Waals surface area contributed by atoms with E-state index >= 15 is 0 Å². The Balaban J connectivity index is 2.88. The van der Waals surface area contributed by atoms with Gasteiger partial charge in [0.1, 0.15) is 0 Å². The summed E-state index contributed by atoms with van der Waals surface area (Å²) in [4.78, 5) is 9.40. The zero-order valence-corrected chi connectivity index (χ0v) is 8.15. The molecule has 1 unspecified atom stereocenters. The van der Waals surface area contributed by atoms with Crippen molar-refractivity contribution in [1.82, 2.24) is 0 Å². The minimum atomic E-state index is -3.65. The minimum absolute atomic E-state index is 0.299. The smallest absolute Gasteiger partial charge is 0.407 e. The monoisotopic (exact) mass is 198 g/mol. The molecule has 0 aliphatic rings. The van der Waals surface area contributed by atoms with Crippen molar-refractivity contribution in [3.8, 4) is 0 Å². The van der Waals surface area contributed by atoms with Crippen LogP contribution in [-0.4, -0.2) is 4.89 Å². The van der Waals surface area contributed by atoms with E-state index in [9.17, 15) is 9.46 Å². The van der Waals surface area contributed by atoms with E-state index in [-0.39, 0.29) is 0 Å². The van der Waals surface area contributed by atoms with Crippen LogP contribution in [0.3, 0.4) is 0 Å². The van der Waals surface area contributed by atoms with Gasteiger partial charge >= 0.3 is 7.60 Å². The van der Waals surface area contributed by atoms with Crippen molar-refractivity contribution in [2.45, 2.75) is 6.92 Å². The first-order chi connectivity index (χ1) is 6.17. The van der Waals surface area contributed by atoms with Crippen LogP contribution in [0.2, 0.25) is 0 Å². The second-order valence-electron chi connectivity index (χ2n) is 2.43. The normalized spacial score (nSPS) is 15.5. The van der Waals surface area contributed by atoms with Crippen LogP contribution in [0.4, 0.5) is 0 Å². The van der Waals surface area contributed by atoms with Crippen molar-refractivity contribution < 1.29 is 14.0 Å². The molecule has 70 valence electrons. The van der Waals surface area contributed by atoms with Gasteiger partial charge in [-0.1, -0.05) is 24.3 Å². The Kier molecular flexibility index (Phi) is 3.29. The summed E-state index contributed by atoms with van der Waals surface area (Å²) in [5.74, 6) is 0. The second kappa shape index (κ2) is 4.26. The summed E-state index contributed by atoms with van der Waals surface area (Å²) in [6, 6.07) is 8.28. The van der Waals surface area contributed by atoms with Gasteiger partial charge in [0.05, 0.1) is 11.6 Å². The van der Waals surface area contributed by atoms with E-state index in [1.807, 2.05) is 0 Å². The summed E-state index contributed by atoms with van der Waals surface area (Å²) in [7, 11) is -3.65. The summed E-state index contributed by atoms with van der Waals surface area (Å²) < 4.78 is 16.2. The highest BCUT2D eigenvalue weighted by atomic mass is 31.2. The second-order valence-corrected chi connectivity index (χ2v) is 4.20. The summed E-state index contributed by atoms with van der Waals surface area (Å²) >= 11 is 0. The number of benzene rings is 1. The molecule has 0 saturated heterocycles. The highest BCUT2D eigenvalue weighted by Gasteiger charge is 2.21. The molecule has 3 nitrogen and oxygen atoms in total. The maximum absolute atomic E-state index is 11.5. The van der Waals surface area contributed by atoms with Gasteiger partial charge in [0.2, 0.25) is 0 Å². The third-order valence-corrected chi connectivity index (χ3v) is 2.78. The van der Waals surface area contributed by atoms with Crippen LogP contribution in [0.25, 0.3) is 0 Å². The van der Waals surface area contributed by atoms with E-state index in [0.717, 1.165) is 0 Å². The third kappa shape index (κ3) is 2.72. The Morgan fingerprint density at radius 3 is 2.54 bits per heavy atom. The van der Waals surface area contributed by atoms with Crippen molar-refractivity contribution in [2.24, 2.45) is 0 Å². The average molecular weight is 198 g/mol. The molecule has 0 spiro atoms. The molecule has 0 radical (unpaired) electrons. The molecule has 0 aromatic heterocycles. The minimum Gasteiger partial charge on any atom is -0.430 e. The van der Waals surface area contributed by atoms with Gasteiger partial charge in [-0.3, -0.25) is 0 Å². The number of hydrogen-bond acceptors (Lipinski definition) is 2. The SMILES string of the molecule is CC=COP(=O)(O)c1ccccc1. The molecule has 13 heavy (non-hydrogen) atoms. The molecule has 1 atom stereocenters. The molecule has 0 aliphatic heterocycles. The summed E-state index contributed by atoms with van der Waals surface area (Å²) in [5, 5.41) is 0.299. The Morgan fingerprint density at radius 2 is 2.00 bits per heavy atom. The molecule has 1 rings (SSSR count). The zero-order valence-electron chi connectivity index (χ0n) is 7.25. The Bertz CT molecular complexity index is 332. The van der Waals surface area contributed by atoms with Crippen LogP contribution >= 0.6 is 7.60 Å². The molecule has 1 aromatic carbocycles. The maximum atomic E-state index is 11.5. The van der Waals surface area contributed by atoms with E-state index in [4.69, 9.17) is 4.52 Å². The van der Waals surface area contributed by atoms with Gasteiger partial charge in [-0.15, -0.1) is 0 Å². The first-order valence-electron chi connectivity index (χ1n) is 3.85.